The number of benzene rings is 2. The van der Waals surface area contributed by atoms with Crippen LogP contribution in [-0.2, 0) is 11.8 Å². The number of amides is 1. The molecule has 7 heteroatoms. The summed E-state index contributed by atoms with van der Waals surface area (Å²) in [5.41, 5.74) is 3.85. The van der Waals surface area contributed by atoms with Crippen LogP contribution < -0.4 is 10.2 Å². The normalized spacial score (nSPS) is 14.7. The van der Waals surface area contributed by atoms with Crippen LogP contribution in [0.25, 0.3) is 11.0 Å². The fraction of sp³-hybridized carbons (Fsp3) is 0.278. The van der Waals surface area contributed by atoms with Crippen LogP contribution >= 0.6 is 0 Å². The van der Waals surface area contributed by atoms with E-state index in [1.807, 2.05) is 42.5 Å². The number of fused-ring (bicyclic) bond motifs is 1. The first kappa shape index (κ1) is 15.6. The summed E-state index contributed by atoms with van der Waals surface area (Å²) in [4.78, 5) is 16.5. The Labute approximate surface area is 145 Å². The van der Waals surface area contributed by atoms with Gasteiger partial charge in [0.1, 0.15) is 11.0 Å². The van der Waals surface area contributed by atoms with Crippen LogP contribution in [0.1, 0.15) is 10.4 Å². The summed E-state index contributed by atoms with van der Waals surface area (Å²) in [7, 11) is 1.77. The molecular formula is C18H19N5O2. The Morgan fingerprint density at radius 1 is 1.08 bits per heavy atom. The predicted octanol–water partition coefficient (Wildman–Crippen LogP) is 2.06. The smallest absolute Gasteiger partial charge is 0.257 e. The molecule has 1 N–H and O–H groups in total. The van der Waals surface area contributed by atoms with Crippen molar-refractivity contribution < 1.29 is 9.53 Å². The number of morpholine rings is 1. The molecule has 0 saturated carbocycles. The van der Waals surface area contributed by atoms with Crippen molar-refractivity contribution in [2.24, 2.45) is 7.05 Å². The summed E-state index contributed by atoms with van der Waals surface area (Å²) < 4.78 is 5.40. The zero-order valence-corrected chi connectivity index (χ0v) is 14.0. The molecule has 0 unspecified atom stereocenters. The first-order valence-corrected chi connectivity index (χ1v) is 8.25. The number of anilines is 2. The molecule has 1 saturated heterocycles. The molecular weight excluding hydrogens is 318 g/mol. The topological polar surface area (TPSA) is 72.3 Å². The second-order valence-electron chi connectivity index (χ2n) is 5.96. The van der Waals surface area contributed by atoms with Gasteiger partial charge >= 0.3 is 0 Å². The number of hydrogen-bond donors (Lipinski definition) is 1. The molecule has 2 aromatic carbocycles. The van der Waals surface area contributed by atoms with Gasteiger partial charge in [-0.3, -0.25) is 4.79 Å². The molecule has 2 heterocycles. The van der Waals surface area contributed by atoms with E-state index in [4.69, 9.17) is 4.74 Å². The first-order valence-electron chi connectivity index (χ1n) is 8.25. The van der Waals surface area contributed by atoms with Crippen LogP contribution in [0.2, 0.25) is 0 Å². The Morgan fingerprint density at radius 3 is 2.68 bits per heavy atom. The standard InChI is InChI=1S/C18H19N5O2/c1-22-20-15-7-6-13(12-16(15)21-22)19-18(24)14-4-2-3-5-17(14)23-8-10-25-11-9-23/h2-7,12H,8-11H2,1H3,(H,19,24). The van der Waals surface area contributed by atoms with Gasteiger partial charge in [0.05, 0.1) is 18.8 Å². The Hall–Kier alpha value is -2.93. The van der Waals surface area contributed by atoms with E-state index in [0.717, 1.165) is 29.8 Å². The Morgan fingerprint density at radius 2 is 1.84 bits per heavy atom. The molecule has 4 rings (SSSR count). The van der Waals surface area contributed by atoms with Crippen molar-refractivity contribution in [3.8, 4) is 0 Å². The third-order valence-corrected chi connectivity index (χ3v) is 4.24. The van der Waals surface area contributed by atoms with Crippen molar-refractivity contribution in [3.63, 3.8) is 0 Å². The molecule has 1 aliphatic heterocycles. The van der Waals surface area contributed by atoms with Gasteiger partial charge in [0.25, 0.3) is 5.91 Å². The molecule has 25 heavy (non-hydrogen) atoms. The molecule has 1 amide bonds. The second kappa shape index (κ2) is 6.52. The summed E-state index contributed by atoms with van der Waals surface area (Å²) in [6.07, 6.45) is 0. The number of rotatable bonds is 3. The molecule has 0 atom stereocenters. The minimum absolute atomic E-state index is 0.134. The lowest BCUT2D eigenvalue weighted by Gasteiger charge is -2.30. The fourth-order valence-electron chi connectivity index (χ4n) is 3.04. The number of nitrogens with zero attached hydrogens (tertiary/aromatic N) is 4. The van der Waals surface area contributed by atoms with E-state index in [9.17, 15) is 4.79 Å². The molecule has 1 aromatic heterocycles. The number of carbonyl (C=O) groups is 1. The van der Waals surface area contributed by atoms with Crippen LogP contribution in [0.4, 0.5) is 11.4 Å². The molecule has 3 aromatic rings. The minimum Gasteiger partial charge on any atom is -0.378 e. The van der Waals surface area contributed by atoms with E-state index in [1.54, 1.807) is 7.05 Å². The maximum atomic E-state index is 12.8. The van der Waals surface area contributed by atoms with Crippen LogP contribution in [0.3, 0.4) is 0 Å². The molecule has 7 nitrogen and oxygen atoms in total. The van der Waals surface area contributed by atoms with Gasteiger partial charge < -0.3 is 15.0 Å². The van der Waals surface area contributed by atoms with Gasteiger partial charge in [0.15, 0.2) is 0 Å². The number of hydrogen-bond acceptors (Lipinski definition) is 5. The SMILES string of the molecule is Cn1nc2ccc(NC(=O)c3ccccc3N3CCOCC3)cc2n1. The van der Waals surface area contributed by atoms with Gasteiger partial charge in [-0.1, -0.05) is 12.1 Å². The summed E-state index contributed by atoms with van der Waals surface area (Å²) in [6.45, 7) is 2.93. The van der Waals surface area contributed by atoms with Gasteiger partial charge in [-0.15, -0.1) is 0 Å². The van der Waals surface area contributed by atoms with Crippen LogP contribution in [0, 0.1) is 0 Å². The third-order valence-electron chi connectivity index (χ3n) is 4.24. The van der Waals surface area contributed by atoms with Crippen molar-refractivity contribution in [2.45, 2.75) is 0 Å². The van der Waals surface area contributed by atoms with E-state index < -0.39 is 0 Å². The van der Waals surface area contributed by atoms with E-state index in [1.165, 1.54) is 4.80 Å². The van der Waals surface area contributed by atoms with Gasteiger partial charge in [-0.25, -0.2) is 0 Å². The Balaban J connectivity index is 1.59. The predicted molar refractivity (Wildman–Crippen MR) is 95.9 cm³/mol. The molecule has 1 aliphatic rings. The molecule has 0 aliphatic carbocycles. The van der Waals surface area contributed by atoms with Crippen molar-refractivity contribution in [2.75, 3.05) is 36.5 Å². The average molecular weight is 337 g/mol. The maximum Gasteiger partial charge on any atom is 0.257 e. The monoisotopic (exact) mass is 337 g/mol. The van der Waals surface area contributed by atoms with Crippen molar-refractivity contribution >= 4 is 28.3 Å². The minimum atomic E-state index is -0.134. The Kier molecular flexibility index (Phi) is 4.07. The largest absolute Gasteiger partial charge is 0.378 e. The van der Waals surface area contributed by atoms with Gasteiger partial charge in [-0.05, 0) is 30.3 Å². The average Bonchev–Trinajstić information content (AvgIpc) is 3.02. The van der Waals surface area contributed by atoms with Crippen molar-refractivity contribution in [1.29, 1.82) is 0 Å². The summed E-state index contributed by atoms with van der Waals surface area (Å²) >= 11 is 0. The Bertz CT molecular complexity index is 915. The highest BCUT2D eigenvalue weighted by Gasteiger charge is 2.18. The zero-order chi connectivity index (χ0) is 17.2. The molecule has 128 valence electrons. The number of ether oxygens (including phenoxy) is 1. The quantitative estimate of drug-likeness (QED) is 0.792. The highest BCUT2D eigenvalue weighted by molar-refractivity contribution is 6.08. The van der Waals surface area contributed by atoms with Gasteiger partial charge in [-0.2, -0.15) is 15.0 Å². The fourth-order valence-corrected chi connectivity index (χ4v) is 3.04. The summed E-state index contributed by atoms with van der Waals surface area (Å²) in [5.74, 6) is -0.134. The molecule has 0 spiro atoms. The van der Waals surface area contributed by atoms with Crippen molar-refractivity contribution in [3.05, 3.63) is 48.0 Å². The number of aromatic nitrogens is 3. The second-order valence-corrected chi connectivity index (χ2v) is 5.96. The van der Waals surface area contributed by atoms with Gasteiger partial charge in [0, 0.05) is 31.5 Å². The van der Waals surface area contributed by atoms with E-state index in [2.05, 4.69) is 20.4 Å². The highest BCUT2D eigenvalue weighted by Crippen LogP contribution is 2.23. The van der Waals surface area contributed by atoms with E-state index in [0.29, 0.717) is 24.5 Å². The lowest BCUT2D eigenvalue weighted by molar-refractivity contribution is 0.102. The molecule has 0 radical (unpaired) electrons. The maximum absolute atomic E-state index is 12.8. The summed E-state index contributed by atoms with van der Waals surface area (Å²) in [5, 5.41) is 11.5. The number of nitrogens with one attached hydrogen (secondary N) is 1. The number of aryl methyl sites for hydroxylation is 1. The van der Waals surface area contributed by atoms with Gasteiger partial charge in [0.2, 0.25) is 0 Å². The lowest BCUT2D eigenvalue weighted by Crippen LogP contribution is -2.37. The third kappa shape index (κ3) is 3.18. The van der Waals surface area contributed by atoms with Crippen LogP contribution in [0.5, 0.6) is 0 Å². The number of para-hydroxylation sites is 1. The molecule has 1 fully saturated rings. The van der Waals surface area contributed by atoms with Crippen LogP contribution in [-0.4, -0.2) is 47.2 Å². The first-order chi connectivity index (χ1) is 12.2. The van der Waals surface area contributed by atoms with E-state index in [-0.39, 0.29) is 5.91 Å². The highest BCUT2D eigenvalue weighted by atomic mass is 16.5. The summed E-state index contributed by atoms with van der Waals surface area (Å²) in [6, 6.07) is 13.2. The molecule has 0 bridgehead atoms. The zero-order valence-electron chi connectivity index (χ0n) is 14.0. The van der Waals surface area contributed by atoms with Crippen LogP contribution in [0.15, 0.2) is 42.5 Å². The van der Waals surface area contributed by atoms with Crippen molar-refractivity contribution in [1.82, 2.24) is 15.0 Å². The lowest BCUT2D eigenvalue weighted by atomic mass is 10.1. The number of carbonyl (C=O) groups excluding carboxylic acids is 1. The van der Waals surface area contributed by atoms with E-state index >= 15 is 0 Å².